The van der Waals surface area contributed by atoms with Gasteiger partial charge < -0.3 is 16.5 Å². The molecule has 1 aromatic heterocycles. The maximum Gasteiger partial charge on any atom is 0.305 e. The molecule has 62 valence electrons. The number of fused-ring (bicyclic) bond motifs is 1. The summed E-state index contributed by atoms with van der Waals surface area (Å²) in [6.45, 7) is 0. The zero-order valence-corrected chi connectivity index (χ0v) is 6.94. The van der Waals surface area contributed by atoms with E-state index in [1.807, 2.05) is 0 Å². The van der Waals surface area contributed by atoms with E-state index < -0.39 is 0 Å². The van der Waals surface area contributed by atoms with Crippen molar-refractivity contribution in [2.75, 3.05) is 11.5 Å². The summed E-state index contributed by atoms with van der Waals surface area (Å²) >= 11 is 1.13. The number of nitrogen functional groups attached to an aromatic ring is 2. The molecule has 0 fully saturated rings. The number of thiazole rings is 1. The minimum absolute atomic E-state index is 0.0880. The second-order valence-electron chi connectivity index (χ2n) is 2.49. The summed E-state index contributed by atoms with van der Waals surface area (Å²) in [5.74, 6) is 0. The minimum Gasteiger partial charge on any atom is -0.397 e. The smallest absolute Gasteiger partial charge is 0.305 e. The Morgan fingerprint density at radius 1 is 1.25 bits per heavy atom. The molecular weight excluding hydrogens is 174 g/mol. The van der Waals surface area contributed by atoms with Gasteiger partial charge in [0, 0.05) is 0 Å². The summed E-state index contributed by atoms with van der Waals surface area (Å²) in [5.41, 5.74) is 12.9. The van der Waals surface area contributed by atoms with Crippen LogP contribution in [0, 0.1) is 0 Å². The Hall–Kier alpha value is -1.49. The molecule has 0 aliphatic carbocycles. The van der Waals surface area contributed by atoms with E-state index in [0.29, 0.717) is 11.4 Å². The lowest BCUT2D eigenvalue weighted by atomic mass is 10.2. The molecule has 0 spiro atoms. The summed E-state index contributed by atoms with van der Waals surface area (Å²) in [7, 11) is 0. The third-order valence-electron chi connectivity index (χ3n) is 1.62. The van der Waals surface area contributed by atoms with Crippen LogP contribution in [0.3, 0.4) is 0 Å². The van der Waals surface area contributed by atoms with Crippen LogP contribution in [-0.2, 0) is 0 Å². The number of aromatic amines is 1. The predicted molar refractivity (Wildman–Crippen MR) is 51.3 cm³/mol. The van der Waals surface area contributed by atoms with E-state index >= 15 is 0 Å². The third-order valence-corrected chi connectivity index (χ3v) is 2.47. The van der Waals surface area contributed by atoms with Crippen molar-refractivity contribution in [1.82, 2.24) is 4.98 Å². The summed E-state index contributed by atoms with van der Waals surface area (Å²) < 4.78 is 0.840. The zero-order valence-electron chi connectivity index (χ0n) is 6.13. The molecule has 5 N–H and O–H groups in total. The highest BCUT2D eigenvalue weighted by atomic mass is 32.1. The number of rotatable bonds is 0. The number of benzene rings is 1. The Morgan fingerprint density at radius 3 is 2.67 bits per heavy atom. The van der Waals surface area contributed by atoms with Gasteiger partial charge in [0.1, 0.15) is 0 Å². The van der Waals surface area contributed by atoms with E-state index in [1.165, 1.54) is 0 Å². The van der Waals surface area contributed by atoms with E-state index in [0.717, 1.165) is 21.6 Å². The number of anilines is 2. The SMILES string of the molecule is Nc1cc2[nH]c(=O)sc2cc1N. The first-order valence-electron chi connectivity index (χ1n) is 3.34. The van der Waals surface area contributed by atoms with Gasteiger partial charge in [-0.25, -0.2) is 0 Å². The van der Waals surface area contributed by atoms with E-state index in [9.17, 15) is 4.79 Å². The quantitative estimate of drug-likeness (QED) is 0.524. The highest BCUT2D eigenvalue weighted by Crippen LogP contribution is 2.23. The maximum atomic E-state index is 10.9. The highest BCUT2D eigenvalue weighted by molar-refractivity contribution is 7.16. The van der Waals surface area contributed by atoms with Crippen LogP contribution in [0.15, 0.2) is 16.9 Å². The Bertz CT molecular complexity index is 443. The lowest BCUT2D eigenvalue weighted by molar-refractivity contribution is 1.41. The van der Waals surface area contributed by atoms with E-state index in [-0.39, 0.29) is 4.87 Å². The van der Waals surface area contributed by atoms with Crippen LogP contribution < -0.4 is 16.3 Å². The van der Waals surface area contributed by atoms with Crippen molar-refractivity contribution in [1.29, 1.82) is 0 Å². The van der Waals surface area contributed by atoms with Crippen LogP contribution in [-0.4, -0.2) is 4.98 Å². The van der Waals surface area contributed by atoms with Crippen LogP contribution in [0.2, 0.25) is 0 Å². The van der Waals surface area contributed by atoms with Crippen molar-refractivity contribution in [3.63, 3.8) is 0 Å². The molecule has 1 aromatic carbocycles. The number of nitrogens with two attached hydrogens (primary N) is 2. The second-order valence-corrected chi connectivity index (χ2v) is 3.51. The summed E-state index contributed by atoms with van der Waals surface area (Å²) in [6.07, 6.45) is 0. The van der Waals surface area contributed by atoms with Crippen molar-refractivity contribution in [2.24, 2.45) is 0 Å². The Kier molecular flexibility index (Phi) is 1.34. The van der Waals surface area contributed by atoms with E-state index in [1.54, 1.807) is 12.1 Å². The van der Waals surface area contributed by atoms with Crippen LogP contribution in [0.4, 0.5) is 11.4 Å². The molecule has 0 amide bonds. The third kappa shape index (κ3) is 0.947. The fraction of sp³-hybridized carbons (Fsp3) is 0. The Labute approximate surface area is 71.8 Å². The van der Waals surface area contributed by atoms with Gasteiger partial charge in [0.05, 0.1) is 21.6 Å². The lowest BCUT2D eigenvalue weighted by Crippen LogP contribution is -1.94. The van der Waals surface area contributed by atoms with E-state index in [4.69, 9.17) is 11.5 Å². The molecule has 0 unspecified atom stereocenters. The number of hydrogen-bond acceptors (Lipinski definition) is 4. The van der Waals surface area contributed by atoms with Crippen LogP contribution in [0.1, 0.15) is 0 Å². The molecule has 0 radical (unpaired) electrons. The number of H-pyrrole nitrogens is 1. The Balaban J connectivity index is 2.92. The second kappa shape index (κ2) is 2.25. The fourth-order valence-electron chi connectivity index (χ4n) is 1.03. The van der Waals surface area contributed by atoms with Gasteiger partial charge in [-0.2, -0.15) is 0 Å². The van der Waals surface area contributed by atoms with Crippen molar-refractivity contribution >= 4 is 32.9 Å². The monoisotopic (exact) mass is 181 g/mol. The molecule has 2 rings (SSSR count). The Morgan fingerprint density at radius 2 is 1.92 bits per heavy atom. The molecule has 0 bridgehead atoms. The molecule has 4 nitrogen and oxygen atoms in total. The van der Waals surface area contributed by atoms with Gasteiger partial charge in [-0.05, 0) is 12.1 Å². The first-order valence-corrected chi connectivity index (χ1v) is 4.16. The molecule has 5 heteroatoms. The molecule has 1 heterocycles. The highest BCUT2D eigenvalue weighted by Gasteiger charge is 2.01. The zero-order chi connectivity index (χ0) is 8.72. The molecule has 0 saturated carbocycles. The predicted octanol–water partition coefficient (Wildman–Crippen LogP) is 0.754. The van der Waals surface area contributed by atoms with Gasteiger partial charge in [-0.15, -0.1) is 0 Å². The normalized spacial score (nSPS) is 10.7. The van der Waals surface area contributed by atoms with Gasteiger partial charge in [0.25, 0.3) is 0 Å². The molecule has 0 saturated heterocycles. The summed E-state index contributed by atoms with van der Waals surface area (Å²) in [6, 6.07) is 3.37. The number of aromatic nitrogens is 1. The van der Waals surface area contributed by atoms with Crippen molar-refractivity contribution in [3.8, 4) is 0 Å². The van der Waals surface area contributed by atoms with Gasteiger partial charge in [0.15, 0.2) is 0 Å². The summed E-state index contributed by atoms with van der Waals surface area (Å²) in [5, 5.41) is 0. The molecule has 2 aromatic rings. The fourth-order valence-corrected chi connectivity index (χ4v) is 1.80. The number of hydrogen-bond donors (Lipinski definition) is 3. The van der Waals surface area contributed by atoms with Gasteiger partial charge in [-0.1, -0.05) is 11.3 Å². The lowest BCUT2D eigenvalue weighted by Gasteiger charge is -1.97. The average Bonchev–Trinajstić information content (AvgIpc) is 2.30. The summed E-state index contributed by atoms with van der Waals surface area (Å²) in [4.78, 5) is 13.5. The molecular formula is C7H7N3OS. The van der Waals surface area contributed by atoms with Gasteiger partial charge in [0.2, 0.25) is 0 Å². The van der Waals surface area contributed by atoms with Crippen LogP contribution in [0.25, 0.3) is 10.2 Å². The molecule has 0 aliphatic rings. The maximum absolute atomic E-state index is 10.9. The topological polar surface area (TPSA) is 84.9 Å². The van der Waals surface area contributed by atoms with E-state index in [2.05, 4.69) is 4.98 Å². The minimum atomic E-state index is -0.0880. The molecule has 0 atom stereocenters. The van der Waals surface area contributed by atoms with Crippen molar-refractivity contribution in [2.45, 2.75) is 0 Å². The molecule has 0 aliphatic heterocycles. The van der Waals surface area contributed by atoms with Crippen LogP contribution >= 0.6 is 11.3 Å². The standard InChI is InChI=1S/C7H7N3OS/c8-3-1-5-6(2-4(3)9)12-7(11)10-5/h1-2H,8-9H2,(H,10,11). The van der Waals surface area contributed by atoms with Crippen molar-refractivity contribution in [3.05, 3.63) is 21.8 Å². The van der Waals surface area contributed by atoms with Gasteiger partial charge >= 0.3 is 4.87 Å². The molecule has 12 heavy (non-hydrogen) atoms. The van der Waals surface area contributed by atoms with Gasteiger partial charge in [-0.3, -0.25) is 4.79 Å². The number of nitrogens with one attached hydrogen (secondary N) is 1. The first-order chi connectivity index (χ1) is 5.66. The van der Waals surface area contributed by atoms with Crippen LogP contribution in [0.5, 0.6) is 0 Å². The first kappa shape index (κ1) is 7.17. The largest absolute Gasteiger partial charge is 0.397 e. The average molecular weight is 181 g/mol. The van der Waals surface area contributed by atoms with Crippen molar-refractivity contribution < 1.29 is 0 Å².